The van der Waals surface area contributed by atoms with Crippen LogP contribution in [0.2, 0.25) is 0 Å². The Morgan fingerprint density at radius 2 is 1.96 bits per heavy atom. The summed E-state index contributed by atoms with van der Waals surface area (Å²) in [4.78, 5) is 24.1. The van der Waals surface area contributed by atoms with Gasteiger partial charge in [0.15, 0.2) is 0 Å². The van der Waals surface area contributed by atoms with E-state index in [1.54, 1.807) is 6.08 Å². The van der Waals surface area contributed by atoms with Crippen LogP contribution in [0.25, 0.3) is 17.0 Å². The van der Waals surface area contributed by atoms with Crippen LogP contribution in [0.4, 0.5) is 0 Å². The number of fused-ring (bicyclic) bond motifs is 1. The minimum Gasteiger partial charge on any atom is -0.460 e. The third-order valence-electron chi connectivity index (χ3n) is 5.05. The van der Waals surface area contributed by atoms with E-state index in [-0.39, 0.29) is 11.8 Å². The number of hydrogen-bond donors (Lipinski definition) is 2. The van der Waals surface area contributed by atoms with E-state index in [1.165, 1.54) is 25.3 Å². The predicted molar refractivity (Wildman–Crippen MR) is 107 cm³/mol. The molecule has 1 aliphatic carbocycles. The molecule has 1 saturated carbocycles. The minimum absolute atomic E-state index is 0.0141. The third-order valence-corrected chi connectivity index (χ3v) is 5.05. The molecule has 1 aromatic heterocycles. The van der Waals surface area contributed by atoms with Crippen molar-refractivity contribution in [3.05, 3.63) is 41.7 Å². The Kier molecular flexibility index (Phi) is 6.69. The van der Waals surface area contributed by atoms with E-state index >= 15 is 0 Å². The number of amides is 2. The number of rotatable bonds is 7. The number of carbonyl (C=O) groups excluding carboxylic acids is 2. The van der Waals surface area contributed by atoms with Crippen LogP contribution < -0.4 is 10.6 Å². The molecule has 27 heavy (non-hydrogen) atoms. The van der Waals surface area contributed by atoms with Crippen LogP contribution in [0.1, 0.15) is 56.8 Å². The van der Waals surface area contributed by atoms with Crippen molar-refractivity contribution < 1.29 is 14.0 Å². The van der Waals surface area contributed by atoms with Gasteiger partial charge in [-0.15, -0.1) is 0 Å². The Labute approximate surface area is 160 Å². The van der Waals surface area contributed by atoms with Crippen molar-refractivity contribution in [3.63, 3.8) is 0 Å². The molecule has 0 spiro atoms. The summed E-state index contributed by atoms with van der Waals surface area (Å²) >= 11 is 0. The van der Waals surface area contributed by atoms with Gasteiger partial charge in [-0.25, -0.2) is 0 Å². The van der Waals surface area contributed by atoms with Gasteiger partial charge in [-0.1, -0.05) is 44.4 Å². The summed E-state index contributed by atoms with van der Waals surface area (Å²) < 4.78 is 5.83. The lowest BCUT2D eigenvalue weighted by molar-refractivity contribution is -0.122. The Bertz CT molecular complexity index is 816. The van der Waals surface area contributed by atoms with Crippen LogP contribution in [0.3, 0.4) is 0 Å². The van der Waals surface area contributed by atoms with Gasteiger partial charge in [0.2, 0.25) is 11.8 Å². The van der Waals surface area contributed by atoms with Gasteiger partial charge in [-0.2, -0.15) is 0 Å². The molecular weight excluding hydrogens is 340 g/mol. The maximum Gasteiger partial charge on any atom is 0.244 e. The van der Waals surface area contributed by atoms with Crippen molar-refractivity contribution in [3.8, 4) is 0 Å². The smallest absolute Gasteiger partial charge is 0.244 e. The molecule has 1 heterocycles. The Morgan fingerprint density at radius 1 is 1.19 bits per heavy atom. The number of furan rings is 1. The van der Waals surface area contributed by atoms with Crippen molar-refractivity contribution >= 4 is 28.9 Å². The standard InChI is InChI=1S/C22H28N2O3/c1-2-19-18(17-10-6-7-11-20(17)27-19)12-13-21(25)23-15-14-22(26)24-16-8-4-3-5-9-16/h6-7,10-13,16H,2-5,8-9,14-15H2,1H3,(H,23,25)(H,24,26)/b13-12+. The van der Waals surface area contributed by atoms with E-state index in [1.807, 2.05) is 31.2 Å². The van der Waals surface area contributed by atoms with Gasteiger partial charge < -0.3 is 15.1 Å². The number of para-hydroxylation sites is 1. The maximum atomic E-state index is 12.1. The second-order valence-corrected chi connectivity index (χ2v) is 7.07. The van der Waals surface area contributed by atoms with Crippen molar-refractivity contribution in [2.75, 3.05) is 6.54 Å². The average molecular weight is 368 g/mol. The quantitative estimate of drug-likeness (QED) is 0.727. The minimum atomic E-state index is -0.201. The zero-order valence-corrected chi connectivity index (χ0v) is 15.9. The first-order valence-corrected chi connectivity index (χ1v) is 9.93. The molecular formula is C22H28N2O3. The molecule has 144 valence electrons. The highest BCUT2D eigenvalue weighted by Gasteiger charge is 2.15. The van der Waals surface area contributed by atoms with Crippen molar-refractivity contribution in [1.29, 1.82) is 0 Å². The summed E-state index contributed by atoms with van der Waals surface area (Å²) in [5.74, 6) is 0.681. The summed E-state index contributed by atoms with van der Waals surface area (Å²) in [6, 6.07) is 8.12. The monoisotopic (exact) mass is 368 g/mol. The molecule has 5 heteroatoms. The molecule has 5 nitrogen and oxygen atoms in total. The highest BCUT2D eigenvalue weighted by atomic mass is 16.3. The number of benzene rings is 1. The highest BCUT2D eigenvalue weighted by Crippen LogP contribution is 2.27. The third kappa shape index (κ3) is 5.22. The Hall–Kier alpha value is -2.56. The molecule has 0 aliphatic heterocycles. The van der Waals surface area contributed by atoms with Gasteiger partial charge in [-0.3, -0.25) is 9.59 Å². The molecule has 0 unspecified atom stereocenters. The van der Waals surface area contributed by atoms with E-state index in [4.69, 9.17) is 4.42 Å². The average Bonchev–Trinajstić information content (AvgIpc) is 3.05. The lowest BCUT2D eigenvalue weighted by atomic mass is 9.95. The fourth-order valence-corrected chi connectivity index (χ4v) is 3.63. The van der Waals surface area contributed by atoms with Gasteiger partial charge in [0.05, 0.1) is 0 Å². The lowest BCUT2D eigenvalue weighted by Gasteiger charge is -2.22. The normalized spacial score (nSPS) is 15.3. The number of hydrogen-bond acceptors (Lipinski definition) is 3. The maximum absolute atomic E-state index is 12.1. The van der Waals surface area contributed by atoms with E-state index in [2.05, 4.69) is 10.6 Å². The second kappa shape index (κ2) is 9.40. The highest BCUT2D eigenvalue weighted by molar-refractivity contribution is 5.96. The van der Waals surface area contributed by atoms with E-state index in [9.17, 15) is 9.59 Å². The topological polar surface area (TPSA) is 71.3 Å². The van der Waals surface area contributed by atoms with Crippen LogP contribution in [-0.2, 0) is 16.0 Å². The van der Waals surface area contributed by atoms with E-state index in [0.717, 1.165) is 41.6 Å². The van der Waals surface area contributed by atoms with E-state index in [0.29, 0.717) is 19.0 Å². The summed E-state index contributed by atoms with van der Waals surface area (Å²) in [7, 11) is 0. The summed E-state index contributed by atoms with van der Waals surface area (Å²) in [6.07, 6.45) is 10.2. The fraction of sp³-hybridized carbons (Fsp3) is 0.455. The molecule has 3 rings (SSSR count). The van der Waals surface area contributed by atoms with Crippen LogP contribution in [0, 0.1) is 0 Å². The molecule has 0 radical (unpaired) electrons. The lowest BCUT2D eigenvalue weighted by Crippen LogP contribution is -2.38. The van der Waals surface area contributed by atoms with Crippen LogP contribution in [0.5, 0.6) is 0 Å². The molecule has 0 bridgehead atoms. The van der Waals surface area contributed by atoms with Crippen LogP contribution in [-0.4, -0.2) is 24.4 Å². The predicted octanol–water partition coefficient (Wildman–Crippen LogP) is 3.96. The SMILES string of the molecule is CCc1oc2ccccc2c1/C=C/C(=O)NCCC(=O)NC1CCCCC1. The van der Waals surface area contributed by atoms with Gasteiger partial charge in [0, 0.05) is 42.5 Å². The first kappa shape index (κ1) is 19.2. The van der Waals surface area contributed by atoms with Crippen LogP contribution in [0.15, 0.2) is 34.8 Å². The molecule has 2 N–H and O–H groups in total. The molecule has 0 saturated heterocycles. The van der Waals surface area contributed by atoms with Crippen molar-refractivity contribution in [1.82, 2.24) is 10.6 Å². The van der Waals surface area contributed by atoms with Crippen LogP contribution >= 0.6 is 0 Å². The first-order chi connectivity index (χ1) is 13.2. The molecule has 1 aliphatic rings. The molecule has 1 aromatic carbocycles. The summed E-state index contributed by atoms with van der Waals surface area (Å²) in [5, 5.41) is 6.85. The molecule has 0 atom stereocenters. The fourth-order valence-electron chi connectivity index (χ4n) is 3.63. The second-order valence-electron chi connectivity index (χ2n) is 7.07. The van der Waals surface area contributed by atoms with Gasteiger partial charge >= 0.3 is 0 Å². The number of carbonyl (C=O) groups is 2. The Balaban J connectivity index is 1.48. The van der Waals surface area contributed by atoms with Gasteiger partial charge in [0.1, 0.15) is 11.3 Å². The van der Waals surface area contributed by atoms with Gasteiger partial charge in [0.25, 0.3) is 0 Å². The van der Waals surface area contributed by atoms with Crippen molar-refractivity contribution in [2.24, 2.45) is 0 Å². The zero-order valence-electron chi connectivity index (χ0n) is 15.9. The molecule has 2 aromatic rings. The summed E-state index contributed by atoms with van der Waals surface area (Å²) in [6.45, 7) is 2.37. The molecule has 1 fully saturated rings. The largest absolute Gasteiger partial charge is 0.460 e. The number of nitrogens with one attached hydrogen (secondary N) is 2. The summed E-state index contributed by atoms with van der Waals surface area (Å²) in [5.41, 5.74) is 1.77. The van der Waals surface area contributed by atoms with E-state index < -0.39 is 0 Å². The zero-order chi connectivity index (χ0) is 19.1. The Morgan fingerprint density at radius 3 is 2.74 bits per heavy atom. The first-order valence-electron chi connectivity index (χ1n) is 9.93. The molecule has 2 amide bonds. The van der Waals surface area contributed by atoms with Gasteiger partial charge in [-0.05, 0) is 25.0 Å². The number of aryl methyl sites for hydroxylation is 1. The van der Waals surface area contributed by atoms with Crippen molar-refractivity contribution in [2.45, 2.75) is 57.9 Å².